The molecule has 4 aliphatic rings. The van der Waals surface area contributed by atoms with Crippen LogP contribution in [0.5, 0.6) is 5.75 Å². The lowest BCUT2D eigenvalue weighted by Crippen LogP contribution is -2.52. The number of benzene rings is 2. The van der Waals surface area contributed by atoms with E-state index in [2.05, 4.69) is 86.2 Å². The maximum atomic E-state index is 6.54. The van der Waals surface area contributed by atoms with E-state index in [1.54, 1.807) is 12.3 Å². The summed E-state index contributed by atoms with van der Waals surface area (Å²) in [7, 11) is -0.0357. The predicted molar refractivity (Wildman–Crippen MR) is 149 cm³/mol. The molecule has 2 nitrogen and oxygen atoms in total. The maximum absolute atomic E-state index is 6.54. The number of hydrogen-bond acceptors (Lipinski definition) is 2. The van der Waals surface area contributed by atoms with Gasteiger partial charge in [0.25, 0.3) is 0 Å². The van der Waals surface area contributed by atoms with Crippen molar-refractivity contribution >= 4 is 29.2 Å². The van der Waals surface area contributed by atoms with E-state index in [1.165, 1.54) is 55.2 Å². The van der Waals surface area contributed by atoms with Gasteiger partial charge in [0.1, 0.15) is 5.75 Å². The Labute approximate surface area is 216 Å². The van der Waals surface area contributed by atoms with E-state index < -0.39 is 8.07 Å². The molecule has 4 bridgehead atoms. The second-order valence-electron chi connectivity index (χ2n) is 13.0. The van der Waals surface area contributed by atoms with Gasteiger partial charge in [-0.15, -0.1) is 0 Å². The van der Waals surface area contributed by atoms with Crippen molar-refractivity contribution in [1.29, 1.82) is 0 Å². The number of ether oxygens (including phenoxy) is 2. The fraction of sp³-hybridized carbons (Fsp3) is 0.600. The Kier molecular flexibility index (Phi) is 6.35. The Hall–Kier alpha value is -1.10. The molecule has 0 heterocycles. The van der Waals surface area contributed by atoms with Crippen LogP contribution in [-0.2, 0) is 10.2 Å². The molecule has 0 aromatic heterocycles. The van der Waals surface area contributed by atoms with E-state index in [0.717, 1.165) is 28.0 Å². The van der Waals surface area contributed by atoms with Crippen LogP contribution in [0.25, 0.3) is 11.1 Å². The normalized spacial score (nSPS) is 28.4. The molecule has 0 unspecified atom stereocenters. The molecule has 0 amide bonds. The lowest BCUT2D eigenvalue weighted by Gasteiger charge is -2.57. The largest absolute Gasteiger partial charge is 0.467 e. The van der Waals surface area contributed by atoms with Crippen molar-refractivity contribution < 1.29 is 9.47 Å². The summed E-state index contributed by atoms with van der Waals surface area (Å²) < 4.78 is 13.1. The van der Waals surface area contributed by atoms with Crippen LogP contribution in [0.2, 0.25) is 18.1 Å². The highest BCUT2D eigenvalue weighted by Crippen LogP contribution is 2.62. The lowest BCUT2D eigenvalue weighted by molar-refractivity contribution is -0.00870. The topological polar surface area (TPSA) is 18.5 Å². The first-order valence-electron chi connectivity index (χ1n) is 13.1. The Morgan fingerprint density at radius 2 is 1.53 bits per heavy atom. The van der Waals surface area contributed by atoms with Crippen LogP contribution in [0.3, 0.4) is 0 Å². The van der Waals surface area contributed by atoms with Crippen LogP contribution in [0.15, 0.2) is 40.9 Å². The van der Waals surface area contributed by atoms with Crippen molar-refractivity contribution in [2.24, 2.45) is 17.8 Å². The molecule has 0 spiro atoms. The summed E-state index contributed by atoms with van der Waals surface area (Å²) in [5.74, 6) is 3.75. The zero-order valence-corrected chi connectivity index (χ0v) is 24.4. The van der Waals surface area contributed by atoms with Gasteiger partial charge in [0.05, 0.1) is 8.07 Å². The van der Waals surface area contributed by atoms with Gasteiger partial charge >= 0.3 is 0 Å². The van der Waals surface area contributed by atoms with Crippen LogP contribution in [0, 0.1) is 17.8 Å². The molecule has 34 heavy (non-hydrogen) atoms. The van der Waals surface area contributed by atoms with Crippen LogP contribution < -0.4 is 9.92 Å². The van der Waals surface area contributed by atoms with Crippen molar-refractivity contribution in [2.45, 2.75) is 82.8 Å². The molecule has 0 saturated heterocycles. The lowest BCUT2D eigenvalue weighted by atomic mass is 9.48. The second-order valence-corrected chi connectivity index (χ2v) is 19.2. The maximum Gasteiger partial charge on any atom is 0.188 e. The molecule has 4 aliphatic carbocycles. The average Bonchev–Trinajstić information content (AvgIpc) is 2.76. The standard InChI is InChI=1S/C30H41BrO2Si/c1-29(2,3)34(5,6)23-14-25(24-9-7-8-10-27(24)31)28(33-19-32-4)26(15-23)30-16-20-11-21(17-30)13-22(12-20)18-30/h7-10,14-15,20-22H,11-13,16-19H2,1-6H3. The van der Waals surface area contributed by atoms with Gasteiger partial charge in [-0.2, -0.15) is 0 Å². The van der Waals surface area contributed by atoms with Gasteiger partial charge in [-0.1, -0.05) is 85.3 Å². The Morgan fingerprint density at radius 3 is 2.06 bits per heavy atom. The second kappa shape index (κ2) is 8.78. The van der Waals surface area contributed by atoms with Gasteiger partial charge in [-0.3, -0.25) is 0 Å². The van der Waals surface area contributed by atoms with Crippen molar-refractivity contribution in [1.82, 2.24) is 0 Å². The minimum atomic E-state index is -1.76. The molecule has 2 aromatic carbocycles. The molecular formula is C30H41BrO2Si. The third kappa shape index (κ3) is 4.12. The van der Waals surface area contributed by atoms with Gasteiger partial charge in [0.15, 0.2) is 6.79 Å². The summed E-state index contributed by atoms with van der Waals surface area (Å²) in [4.78, 5) is 0. The molecule has 0 radical (unpaired) electrons. The predicted octanol–water partition coefficient (Wildman–Crippen LogP) is 8.28. The fourth-order valence-corrected chi connectivity index (χ4v) is 9.78. The molecular weight excluding hydrogens is 500 g/mol. The third-order valence-electron chi connectivity index (χ3n) is 9.78. The van der Waals surface area contributed by atoms with Crippen molar-refractivity contribution in [3.8, 4) is 16.9 Å². The summed E-state index contributed by atoms with van der Waals surface area (Å²) in [6, 6.07) is 13.7. The summed E-state index contributed by atoms with van der Waals surface area (Å²) in [6.45, 7) is 12.7. The van der Waals surface area contributed by atoms with E-state index >= 15 is 0 Å². The molecule has 0 atom stereocenters. The van der Waals surface area contributed by atoms with E-state index in [4.69, 9.17) is 9.47 Å². The summed E-state index contributed by atoms with van der Waals surface area (Å²) in [5, 5.41) is 1.83. The molecule has 0 aliphatic heterocycles. The highest BCUT2D eigenvalue weighted by molar-refractivity contribution is 9.10. The first-order valence-corrected chi connectivity index (χ1v) is 16.9. The van der Waals surface area contributed by atoms with Gasteiger partial charge in [0, 0.05) is 22.7 Å². The molecule has 4 saturated carbocycles. The fourth-order valence-electron chi connectivity index (χ4n) is 7.41. The minimum Gasteiger partial charge on any atom is -0.467 e. The zero-order valence-electron chi connectivity index (χ0n) is 21.8. The van der Waals surface area contributed by atoms with Crippen molar-refractivity contribution in [2.75, 3.05) is 13.9 Å². The Morgan fingerprint density at radius 1 is 0.941 bits per heavy atom. The number of halogens is 1. The molecule has 0 N–H and O–H groups in total. The molecule has 6 rings (SSSR count). The molecule has 4 heteroatoms. The summed E-state index contributed by atoms with van der Waals surface area (Å²) in [6.07, 6.45) is 8.35. The van der Waals surface area contributed by atoms with Crippen LogP contribution >= 0.6 is 15.9 Å². The average molecular weight is 542 g/mol. The number of rotatable bonds is 6. The Bertz CT molecular complexity index is 1030. The summed E-state index contributed by atoms with van der Waals surface area (Å²) in [5.41, 5.74) is 4.20. The highest BCUT2D eigenvalue weighted by atomic mass is 79.9. The zero-order chi connectivity index (χ0) is 24.3. The van der Waals surface area contributed by atoms with Gasteiger partial charge in [-0.25, -0.2) is 0 Å². The van der Waals surface area contributed by atoms with Gasteiger partial charge in [0.2, 0.25) is 0 Å². The van der Waals surface area contributed by atoms with Gasteiger partial charge in [-0.05, 0) is 78.4 Å². The number of methoxy groups -OCH3 is 1. The third-order valence-corrected chi connectivity index (χ3v) is 16.0. The SMILES string of the molecule is COCOc1c(-c2ccccc2Br)cc([Si](C)(C)C(C)(C)C)cc1C12CC3CC(CC(C3)C1)C2. The molecule has 4 fully saturated rings. The van der Waals surface area contributed by atoms with E-state index in [0.29, 0.717) is 0 Å². The number of hydrogen-bond donors (Lipinski definition) is 0. The van der Waals surface area contributed by atoms with E-state index in [1.807, 2.05) is 0 Å². The highest BCUT2D eigenvalue weighted by Gasteiger charge is 2.53. The monoisotopic (exact) mass is 540 g/mol. The first-order chi connectivity index (χ1) is 16.0. The van der Waals surface area contributed by atoms with E-state index in [9.17, 15) is 0 Å². The smallest absolute Gasteiger partial charge is 0.188 e. The van der Waals surface area contributed by atoms with Gasteiger partial charge < -0.3 is 9.47 Å². The Balaban J connectivity index is 1.78. The van der Waals surface area contributed by atoms with Crippen molar-refractivity contribution in [3.05, 3.63) is 46.4 Å². The minimum absolute atomic E-state index is 0.256. The van der Waals surface area contributed by atoms with E-state index in [-0.39, 0.29) is 17.2 Å². The first kappa shape index (κ1) is 24.6. The van der Waals surface area contributed by atoms with Crippen molar-refractivity contribution in [3.63, 3.8) is 0 Å². The van der Waals surface area contributed by atoms with Crippen LogP contribution in [-0.4, -0.2) is 22.0 Å². The molecule has 2 aromatic rings. The quantitative estimate of drug-likeness (QED) is 0.271. The molecule has 184 valence electrons. The summed E-state index contributed by atoms with van der Waals surface area (Å²) >= 11 is 3.86. The van der Waals surface area contributed by atoms with Crippen LogP contribution in [0.1, 0.15) is 64.9 Å². The van der Waals surface area contributed by atoms with Crippen LogP contribution in [0.4, 0.5) is 0 Å².